The Hall–Kier alpha value is -0.0800. The Labute approximate surface area is 113 Å². The van der Waals surface area contributed by atoms with Gasteiger partial charge in [-0.2, -0.15) is 0 Å². The molecule has 0 spiro atoms. The summed E-state index contributed by atoms with van der Waals surface area (Å²) in [7, 11) is 0. The highest BCUT2D eigenvalue weighted by Gasteiger charge is 2.47. The number of unbranched alkanes of at least 4 members (excludes halogenated alkanes) is 6. The summed E-state index contributed by atoms with van der Waals surface area (Å²) < 4.78 is 0. The van der Waals surface area contributed by atoms with Crippen LogP contribution in [0.15, 0.2) is 0 Å². The minimum Gasteiger partial charge on any atom is -0.271 e. The molecular formula is C16H32N2. The third kappa shape index (κ3) is 4.24. The predicted molar refractivity (Wildman–Crippen MR) is 78.0 cm³/mol. The number of fused-ring (bicyclic) bond motifs is 1. The third-order valence-corrected chi connectivity index (χ3v) is 5.18. The van der Waals surface area contributed by atoms with Gasteiger partial charge in [0.1, 0.15) is 0 Å². The summed E-state index contributed by atoms with van der Waals surface area (Å²) in [5.41, 5.74) is 3.10. The van der Waals surface area contributed by atoms with E-state index in [0.717, 1.165) is 17.8 Å². The number of nitrogens with one attached hydrogen (secondary N) is 1. The van der Waals surface area contributed by atoms with Crippen LogP contribution >= 0.6 is 0 Å². The van der Waals surface area contributed by atoms with E-state index in [1.165, 1.54) is 70.6 Å². The highest BCUT2D eigenvalue weighted by molar-refractivity contribution is 4.98. The van der Waals surface area contributed by atoms with Gasteiger partial charge in [-0.15, -0.1) is 0 Å². The van der Waals surface area contributed by atoms with Crippen molar-refractivity contribution in [3.8, 4) is 0 Å². The molecule has 18 heavy (non-hydrogen) atoms. The highest BCUT2D eigenvalue weighted by Crippen LogP contribution is 2.55. The fraction of sp³-hybridized carbons (Fsp3) is 1.00. The van der Waals surface area contributed by atoms with Crippen LogP contribution in [0.25, 0.3) is 0 Å². The van der Waals surface area contributed by atoms with Crippen molar-refractivity contribution >= 4 is 0 Å². The van der Waals surface area contributed by atoms with E-state index in [0.29, 0.717) is 6.04 Å². The predicted octanol–water partition coefficient (Wildman–Crippen LogP) is 4.01. The van der Waals surface area contributed by atoms with Gasteiger partial charge in [-0.05, 0) is 43.4 Å². The van der Waals surface area contributed by atoms with Crippen molar-refractivity contribution in [1.29, 1.82) is 0 Å². The summed E-state index contributed by atoms with van der Waals surface area (Å²) >= 11 is 0. The summed E-state index contributed by atoms with van der Waals surface area (Å²) in [6.45, 7) is 2.28. The molecule has 0 radical (unpaired) electrons. The Morgan fingerprint density at radius 2 is 1.56 bits per heavy atom. The zero-order valence-electron chi connectivity index (χ0n) is 12.2. The maximum absolute atomic E-state index is 5.74. The van der Waals surface area contributed by atoms with Crippen molar-refractivity contribution in [2.75, 3.05) is 0 Å². The quantitative estimate of drug-likeness (QED) is 0.350. The van der Waals surface area contributed by atoms with Crippen LogP contribution in [0.5, 0.6) is 0 Å². The van der Waals surface area contributed by atoms with Gasteiger partial charge in [0.05, 0.1) is 0 Å². The molecule has 0 aliphatic heterocycles. The molecular weight excluding hydrogens is 220 g/mol. The van der Waals surface area contributed by atoms with Crippen LogP contribution in [-0.4, -0.2) is 6.04 Å². The smallest absolute Gasteiger partial charge is 0.0239 e. The van der Waals surface area contributed by atoms with Gasteiger partial charge in [0.15, 0.2) is 0 Å². The highest BCUT2D eigenvalue weighted by atomic mass is 15.2. The van der Waals surface area contributed by atoms with E-state index in [2.05, 4.69) is 12.3 Å². The molecule has 0 aromatic carbocycles. The van der Waals surface area contributed by atoms with Gasteiger partial charge in [0.25, 0.3) is 0 Å². The van der Waals surface area contributed by atoms with Crippen LogP contribution in [0.3, 0.4) is 0 Å². The van der Waals surface area contributed by atoms with E-state index < -0.39 is 0 Å². The van der Waals surface area contributed by atoms with E-state index >= 15 is 0 Å². The summed E-state index contributed by atoms with van der Waals surface area (Å²) in [5.74, 6) is 8.80. The summed E-state index contributed by atoms with van der Waals surface area (Å²) in [4.78, 5) is 0. The van der Waals surface area contributed by atoms with E-state index in [9.17, 15) is 0 Å². The lowest BCUT2D eigenvalue weighted by Crippen LogP contribution is -2.40. The molecule has 0 aromatic rings. The molecule has 3 atom stereocenters. The lowest BCUT2D eigenvalue weighted by Gasteiger charge is -2.24. The Kier molecular flexibility index (Phi) is 5.97. The largest absolute Gasteiger partial charge is 0.271 e. The van der Waals surface area contributed by atoms with Gasteiger partial charge in [0, 0.05) is 6.04 Å². The first-order valence-corrected chi connectivity index (χ1v) is 8.31. The Morgan fingerprint density at radius 1 is 0.944 bits per heavy atom. The maximum atomic E-state index is 5.74. The van der Waals surface area contributed by atoms with Crippen molar-refractivity contribution in [1.82, 2.24) is 5.43 Å². The fourth-order valence-corrected chi connectivity index (χ4v) is 3.87. The summed E-state index contributed by atoms with van der Waals surface area (Å²) in [5, 5.41) is 0. The Bertz CT molecular complexity index is 219. The summed E-state index contributed by atoms with van der Waals surface area (Å²) in [6, 6.07) is 0.605. The van der Waals surface area contributed by atoms with Gasteiger partial charge < -0.3 is 0 Å². The molecule has 3 unspecified atom stereocenters. The lowest BCUT2D eigenvalue weighted by atomic mass is 9.91. The Balaban J connectivity index is 1.49. The van der Waals surface area contributed by atoms with Crippen LogP contribution in [0.2, 0.25) is 0 Å². The van der Waals surface area contributed by atoms with Gasteiger partial charge in [-0.1, -0.05) is 51.9 Å². The second-order valence-electron chi connectivity index (χ2n) is 6.67. The van der Waals surface area contributed by atoms with Crippen molar-refractivity contribution < 1.29 is 0 Å². The summed E-state index contributed by atoms with van der Waals surface area (Å²) in [6.07, 6.45) is 15.6. The maximum Gasteiger partial charge on any atom is 0.0239 e. The van der Waals surface area contributed by atoms with Crippen LogP contribution in [0.4, 0.5) is 0 Å². The first-order valence-electron chi connectivity index (χ1n) is 8.31. The normalized spacial score (nSPS) is 31.3. The second kappa shape index (κ2) is 7.49. The molecule has 0 aromatic heterocycles. The number of hydrazine groups is 1. The van der Waals surface area contributed by atoms with Gasteiger partial charge >= 0.3 is 0 Å². The molecule has 0 heterocycles. The number of rotatable bonds is 10. The first-order chi connectivity index (χ1) is 8.85. The molecule has 2 rings (SSSR count). The number of nitrogens with two attached hydrogens (primary N) is 1. The number of hydrogen-bond acceptors (Lipinski definition) is 2. The van der Waals surface area contributed by atoms with Crippen LogP contribution in [-0.2, 0) is 0 Å². The van der Waals surface area contributed by atoms with Crippen molar-refractivity contribution in [3.05, 3.63) is 0 Å². The molecule has 2 heteroatoms. The Morgan fingerprint density at radius 3 is 2.17 bits per heavy atom. The molecule has 2 nitrogen and oxygen atoms in total. The molecule has 0 saturated heterocycles. The van der Waals surface area contributed by atoms with E-state index in [-0.39, 0.29) is 0 Å². The van der Waals surface area contributed by atoms with E-state index in [1.807, 2.05) is 0 Å². The zero-order chi connectivity index (χ0) is 12.8. The lowest BCUT2D eigenvalue weighted by molar-refractivity contribution is 0.313. The molecule has 0 amide bonds. The van der Waals surface area contributed by atoms with Crippen molar-refractivity contribution in [2.24, 2.45) is 23.6 Å². The number of hydrogen-bond donors (Lipinski definition) is 2. The first kappa shape index (κ1) is 14.3. The molecule has 3 N–H and O–H groups in total. The average Bonchev–Trinajstić information content (AvgIpc) is 3.00. The molecule has 106 valence electrons. The third-order valence-electron chi connectivity index (χ3n) is 5.18. The zero-order valence-corrected chi connectivity index (χ0v) is 12.2. The molecule has 2 fully saturated rings. The van der Waals surface area contributed by atoms with Crippen LogP contribution in [0.1, 0.15) is 77.6 Å². The van der Waals surface area contributed by atoms with Gasteiger partial charge in [0.2, 0.25) is 0 Å². The minimum atomic E-state index is 0.605. The van der Waals surface area contributed by atoms with Gasteiger partial charge in [-0.3, -0.25) is 11.3 Å². The topological polar surface area (TPSA) is 38.0 Å². The molecule has 2 aliphatic rings. The minimum absolute atomic E-state index is 0.605. The van der Waals surface area contributed by atoms with Crippen molar-refractivity contribution in [2.45, 2.75) is 83.6 Å². The molecule has 0 bridgehead atoms. The average molecular weight is 252 g/mol. The van der Waals surface area contributed by atoms with Gasteiger partial charge in [-0.25, -0.2) is 0 Å². The molecule has 2 aliphatic carbocycles. The van der Waals surface area contributed by atoms with Crippen LogP contribution in [0, 0.1) is 17.8 Å². The van der Waals surface area contributed by atoms with E-state index in [1.54, 1.807) is 0 Å². The SMILES string of the molecule is CCCCCCCCCC(NN)C1CC2CC2C1. The monoisotopic (exact) mass is 252 g/mol. The van der Waals surface area contributed by atoms with E-state index in [4.69, 9.17) is 5.84 Å². The van der Waals surface area contributed by atoms with Crippen molar-refractivity contribution in [3.63, 3.8) is 0 Å². The second-order valence-corrected chi connectivity index (χ2v) is 6.67. The standard InChI is InChI=1S/C16H32N2/c1-2-3-4-5-6-7-8-9-16(18-17)15-11-13-10-14(13)12-15/h13-16,18H,2-12,17H2,1H3. The fourth-order valence-electron chi connectivity index (χ4n) is 3.87. The van der Waals surface area contributed by atoms with Crippen LogP contribution < -0.4 is 11.3 Å². The molecule has 2 saturated carbocycles.